The summed E-state index contributed by atoms with van der Waals surface area (Å²) in [4.78, 5) is 12.2. The van der Waals surface area contributed by atoms with E-state index in [4.69, 9.17) is 22.1 Å². The molecule has 0 bridgehead atoms. The molecule has 2 heterocycles. The van der Waals surface area contributed by atoms with E-state index in [2.05, 4.69) is 15.0 Å². The van der Waals surface area contributed by atoms with E-state index >= 15 is 0 Å². The largest absolute Gasteiger partial charge is 0.467 e. The van der Waals surface area contributed by atoms with Crippen molar-refractivity contribution < 1.29 is 4.74 Å². The summed E-state index contributed by atoms with van der Waals surface area (Å²) in [6.45, 7) is 0. The number of pyridine rings is 1. The number of nitrogen functional groups attached to an aromatic ring is 1. The summed E-state index contributed by atoms with van der Waals surface area (Å²) in [5, 5.41) is 1.64. The first-order valence-corrected chi connectivity index (χ1v) is 5.85. The van der Waals surface area contributed by atoms with Crippen molar-refractivity contribution in [3.8, 4) is 6.01 Å². The van der Waals surface area contributed by atoms with Gasteiger partial charge >= 0.3 is 6.01 Å². The first-order valence-electron chi connectivity index (χ1n) is 4.65. The Morgan fingerprint density at radius 2 is 2.18 bits per heavy atom. The predicted octanol–water partition coefficient (Wildman–Crippen LogP) is 2.27. The molecule has 0 spiro atoms. The quantitative estimate of drug-likeness (QED) is 0.861. The summed E-state index contributed by atoms with van der Waals surface area (Å²) in [6.07, 6.45) is 3.14. The number of ether oxygens (including phenoxy) is 1. The van der Waals surface area contributed by atoms with Crippen LogP contribution in [0.25, 0.3) is 0 Å². The lowest BCUT2D eigenvalue weighted by Gasteiger charge is -2.05. The van der Waals surface area contributed by atoms with Gasteiger partial charge in [0, 0.05) is 6.20 Å². The van der Waals surface area contributed by atoms with Crippen LogP contribution in [0.2, 0.25) is 5.02 Å². The summed E-state index contributed by atoms with van der Waals surface area (Å²) in [7, 11) is 1.49. The molecule has 0 radical (unpaired) electrons. The lowest BCUT2D eigenvalue weighted by molar-refractivity contribution is 0.376. The maximum absolute atomic E-state index is 5.99. The van der Waals surface area contributed by atoms with E-state index in [-0.39, 0.29) is 6.01 Å². The summed E-state index contributed by atoms with van der Waals surface area (Å²) >= 11 is 7.26. The lowest BCUT2D eigenvalue weighted by Crippen LogP contribution is -1.95. The second-order valence-corrected chi connectivity index (χ2v) is 4.39. The van der Waals surface area contributed by atoms with Gasteiger partial charge < -0.3 is 10.5 Å². The second kappa shape index (κ2) is 5.20. The van der Waals surface area contributed by atoms with Gasteiger partial charge in [-0.05, 0) is 23.9 Å². The lowest BCUT2D eigenvalue weighted by atomic mass is 10.4. The van der Waals surface area contributed by atoms with Crippen molar-refractivity contribution >= 4 is 29.1 Å². The molecule has 88 valence electrons. The van der Waals surface area contributed by atoms with Crippen LogP contribution in [0.4, 0.5) is 5.69 Å². The van der Waals surface area contributed by atoms with Gasteiger partial charge in [-0.2, -0.15) is 4.98 Å². The van der Waals surface area contributed by atoms with Crippen LogP contribution < -0.4 is 10.5 Å². The molecule has 0 atom stereocenters. The van der Waals surface area contributed by atoms with Crippen LogP contribution in [-0.4, -0.2) is 22.1 Å². The molecule has 2 aromatic rings. The minimum atomic E-state index is 0.256. The zero-order chi connectivity index (χ0) is 12.3. The average molecular weight is 269 g/mol. The molecule has 0 amide bonds. The number of anilines is 1. The van der Waals surface area contributed by atoms with Gasteiger partial charge in [-0.3, -0.25) is 0 Å². The summed E-state index contributed by atoms with van der Waals surface area (Å²) < 4.78 is 4.93. The Morgan fingerprint density at radius 3 is 2.88 bits per heavy atom. The van der Waals surface area contributed by atoms with Crippen molar-refractivity contribution in [3.05, 3.63) is 29.5 Å². The van der Waals surface area contributed by atoms with Gasteiger partial charge in [-0.25, -0.2) is 9.97 Å². The normalized spacial score (nSPS) is 10.2. The molecule has 7 heteroatoms. The number of rotatable bonds is 3. The molecular formula is C10H9ClN4OS. The molecule has 0 aliphatic rings. The number of hydrogen-bond donors (Lipinski definition) is 1. The Labute approximate surface area is 107 Å². The minimum absolute atomic E-state index is 0.256. The Morgan fingerprint density at radius 1 is 1.35 bits per heavy atom. The number of methoxy groups -OCH3 is 1. The van der Waals surface area contributed by atoms with Gasteiger partial charge in [0.1, 0.15) is 10.1 Å². The highest BCUT2D eigenvalue weighted by atomic mass is 35.5. The monoisotopic (exact) mass is 268 g/mol. The van der Waals surface area contributed by atoms with Crippen LogP contribution in [0.15, 0.2) is 34.6 Å². The van der Waals surface area contributed by atoms with Crippen LogP contribution in [-0.2, 0) is 0 Å². The molecular weight excluding hydrogens is 260 g/mol. The highest BCUT2D eigenvalue weighted by molar-refractivity contribution is 7.99. The van der Waals surface area contributed by atoms with Gasteiger partial charge in [0.2, 0.25) is 0 Å². The Hall–Kier alpha value is -1.53. The van der Waals surface area contributed by atoms with E-state index in [1.165, 1.54) is 25.1 Å². The summed E-state index contributed by atoms with van der Waals surface area (Å²) in [6, 6.07) is 3.79. The molecule has 0 fully saturated rings. The van der Waals surface area contributed by atoms with Gasteiger partial charge in [0.25, 0.3) is 0 Å². The summed E-state index contributed by atoms with van der Waals surface area (Å²) in [5.74, 6) is 0. The van der Waals surface area contributed by atoms with E-state index in [0.717, 1.165) is 0 Å². The molecule has 0 aliphatic heterocycles. The molecule has 17 heavy (non-hydrogen) atoms. The van der Waals surface area contributed by atoms with Gasteiger partial charge in [-0.1, -0.05) is 11.6 Å². The van der Waals surface area contributed by atoms with Crippen LogP contribution in [0.5, 0.6) is 6.01 Å². The molecule has 2 N–H and O–H groups in total. The Kier molecular flexibility index (Phi) is 3.65. The van der Waals surface area contributed by atoms with Crippen molar-refractivity contribution in [1.29, 1.82) is 0 Å². The third-order valence-electron chi connectivity index (χ3n) is 1.87. The number of nitrogens with zero attached hydrogens (tertiary/aromatic N) is 3. The van der Waals surface area contributed by atoms with Gasteiger partial charge in [0.15, 0.2) is 0 Å². The topological polar surface area (TPSA) is 73.9 Å². The number of aromatic nitrogens is 3. The predicted molar refractivity (Wildman–Crippen MR) is 66.4 cm³/mol. The summed E-state index contributed by atoms with van der Waals surface area (Å²) in [5.41, 5.74) is 6.36. The molecule has 2 rings (SSSR count). The third kappa shape index (κ3) is 2.78. The second-order valence-electron chi connectivity index (χ2n) is 3.01. The molecule has 0 saturated heterocycles. The molecule has 0 unspecified atom stereocenters. The van der Waals surface area contributed by atoms with Crippen molar-refractivity contribution in [3.63, 3.8) is 0 Å². The van der Waals surface area contributed by atoms with E-state index in [1.807, 2.05) is 0 Å². The van der Waals surface area contributed by atoms with Crippen LogP contribution in [0.1, 0.15) is 0 Å². The number of hydrogen-bond acceptors (Lipinski definition) is 6. The average Bonchev–Trinajstić information content (AvgIpc) is 2.35. The van der Waals surface area contributed by atoms with E-state index in [1.54, 1.807) is 18.3 Å². The highest BCUT2D eigenvalue weighted by Gasteiger charge is 2.10. The van der Waals surface area contributed by atoms with Crippen LogP contribution >= 0.6 is 23.4 Å². The molecule has 0 aromatic carbocycles. The maximum Gasteiger partial charge on any atom is 0.317 e. The fourth-order valence-corrected chi connectivity index (χ4v) is 2.05. The zero-order valence-electron chi connectivity index (χ0n) is 8.92. The van der Waals surface area contributed by atoms with Crippen LogP contribution in [0.3, 0.4) is 0 Å². The van der Waals surface area contributed by atoms with Crippen LogP contribution in [0, 0.1) is 0 Å². The van der Waals surface area contributed by atoms with E-state index in [9.17, 15) is 0 Å². The minimum Gasteiger partial charge on any atom is -0.467 e. The van der Waals surface area contributed by atoms with Gasteiger partial charge in [-0.15, -0.1) is 0 Å². The Bertz CT molecular complexity index is 537. The number of halogens is 1. The first-order chi connectivity index (χ1) is 8.20. The standard InChI is InChI=1S/C10H9ClN4OS/c1-16-10-14-5-6(11)8(15-10)17-9-7(12)3-2-4-13-9/h2-5H,12H2,1H3. The third-order valence-corrected chi connectivity index (χ3v) is 3.29. The van der Waals surface area contributed by atoms with Crippen molar-refractivity contribution in [1.82, 2.24) is 15.0 Å². The fourth-order valence-electron chi connectivity index (χ4n) is 1.09. The van der Waals surface area contributed by atoms with E-state index < -0.39 is 0 Å². The highest BCUT2D eigenvalue weighted by Crippen LogP contribution is 2.33. The molecule has 0 aliphatic carbocycles. The Balaban J connectivity index is 2.32. The number of nitrogens with two attached hydrogens (primary N) is 1. The van der Waals surface area contributed by atoms with E-state index in [0.29, 0.717) is 20.8 Å². The molecule has 5 nitrogen and oxygen atoms in total. The molecule has 2 aromatic heterocycles. The zero-order valence-corrected chi connectivity index (χ0v) is 10.5. The first kappa shape index (κ1) is 11.9. The van der Waals surface area contributed by atoms with Gasteiger partial charge in [0.05, 0.1) is 24.0 Å². The smallest absolute Gasteiger partial charge is 0.317 e. The SMILES string of the molecule is COc1ncc(Cl)c(Sc2ncccc2N)n1. The fraction of sp³-hybridized carbons (Fsp3) is 0.100. The maximum atomic E-state index is 5.99. The molecule has 0 saturated carbocycles. The van der Waals surface area contributed by atoms with Crippen molar-refractivity contribution in [2.45, 2.75) is 10.1 Å². The van der Waals surface area contributed by atoms with Crippen molar-refractivity contribution in [2.75, 3.05) is 12.8 Å². The van der Waals surface area contributed by atoms with Crippen molar-refractivity contribution in [2.24, 2.45) is 0 Å².